The van der Waals surface area contributed by atoms with Crippen LogP contribution in [-0.4, -0.2) is 54.9 Å². The van der Waals surface area contributed by atoms with Gasteiger partial charge >= 0.3 is 0 Å². The molecular formula is C27H32FNO5. The lowest BCUT2D eigenvalue weighted by Crippen LogP contribution is -2.52. The molecule has 1 amide bonds. The average Bonchev–Trinajstić information content (AvgIpc) is 2.77. The number of amides is 1. The smallest absolute Gasteiger partial charge is 0.253 e. The highest BCUT2D eigenvalue weighted by atomic mass is 19.1. The Morgan fingerprint density at radius 2 is 1.91 bits per heavy atom. The molecule has 0 bridgehead atoms. The maximum absolute atomic E-state index is 13.9. The Hall–Kier alpha value is -2.64. The number of halogens is 1. The summed E-state index contributed by atoms with van der Waals surface area (Å²) in [7, 11) is 0. The van der Waals surface area contributed by atoms with E-state index in [2.05, 4.69) is 0 Å². The van der Waals surface area contributed by atoms with E-state index >= 15 is 0 Å². The van der Waals surface area contributed by atoms with Crippen LogP contribution in [0, 0.1) is 12.7 Å². The molecule has 1 atom stereocenters. The summed E-state index contributed by atoms with van der Waals surface area (Å²) in [5.74, 6) is 1.21. The van der Waals surface area contributed by atoms with Crippen molar-refractivity contribution in [1.82, 2.24) is 4.90 Å². The number of aryl methyl sites for hydroxylation is 1. The average molecular weight is 470 g/mol. The third kappa shape index (κ3) is 4.64. The second-order valence-electron chi connectivity index (χ2n) is 9.89. The number of carbonyl (C=O) groups is 1. The van der Waals surface area contributed by atoms with Crippen molar-refractivity contribution in [3.05, 3.63) is 58.9 Å². The number of fused-ring (bicyclic) bond motifs is 1. The van der Waals surface area contributed by atoms with Crippen molar-refractivity contribution in [3.8, 4) is 11.5 Å². The Bertz CT molecular complexity index is 1060. The van der Waals surface area contributed by atoms with E-state index in [0.29, 0.717) is 56.9 Å². The largest absolute Gasteiger partial charge is 0.487 e. The number of ether oxygens (including phenoxy) is 4. The molecule has 182 valence electrons. The molecule has 0 radical (unpaired) electrons. The highest BCUT2D eigenvalue weighted by molar-refractivity contribution is 5.94. The minimum atomic E-state index is -0.417. The molecule has 0 aromatic heterocycles. The predicted octanol–water partition coefficient (Wildman–Crippen LogP) is 4.84. The minimum absolute atomic E-state index is 0.0183. The lowest BCUT2D eigenvalue weighted by Gasteiger charge is -2.47. The van der Waals surface area contributed by atoms with Crippen LogP contribution in [0.2, 0.25) is 0 Å². The first-order valence-electron chi connectivity index (χ1n) is 12.1. The van der Waals surface area contributed by atoms with Crippen molar-refractivity contribution in [2.45, 2.75) is 63.9 Å². The third-order valence-electron chi connectivity index (χ3n) is 6.92. The highest BCUT2D eigenvalue weighted by Gasteiger charge is 2.45. The van der Waals surface area contributed by atoms with E-state index in [1.807, 2.05) is 43.9 Å². The van der Waals surface area contributed by atoms with Crippen LogP contribution < -0.4 is 9.47 Å². The summed E-state index contributed by atoms with van der Waals surface area (Å²) < 4.78 is 37.6. The van der Waals surface area contributed by atoms with Crippen LogP contribution in [0.15, 0.2) is 36.4 Å². The number of benzene rings is 2. The van der Waals surface area contributed by atoms with E-state index in [9.17, 15) is 9.18 Å². The van der Waals surface area contributed by atoms with Crippen molar-refractivity contribution in [3.63, 3.8) is 0 Å². The summed E-state index contributed by atoms with van der Waals surface area (Å²) in [5, 5.41) is 0. The first kappa shape index (κ1) is 23.1. The second kappa shape index (κ2) is 9.19. The number of nitrogens with zero attached hydrogens (tertiary/aromatic N) is 1. The molecule has 3 heterocycles. The summed E-state index contributed by atoms with van der Waals surface area (Å²) in [6, 6.07) is 10.2. The highest BCUT2D eigenvalue weighted by Crippen LogP contribution is 2.46. The maximum Gasteiger partial charge on any atom is 0.253 e. The fourth-order valence-corrected chi connectivity index (χ4v) is 5.02. The van der Waals surface area contributed by atoms with E-state index < -0.39 is 5.60 Å². The maximum atomic E-state index is 13.9. The molecule has 3 aliphatic heterocycles. The molecule has 34 heavy (non-hydrogen) atoms. The van der Waals surface area contributed by atoms with E-state index in [1.54, 1.807) is 6.07 Å². The van der Waals surface area contributed by atoms with Crippen LogP contribution in [0.5, 0.6) is 11.5 Å². The first-order valence-corrected chi connectivity index (χ1v) is 12.1. The van der Waals surface area contributed by atoms with Crippen LogP contribution in [0.4, 0.5) is 4.39 Å². The molecule has 2 aromatic rings. The Morgan fingerprint density at radius 3 is 2.56 bits per heavy atom. The number of hydrogen-bond donors (Lipinski definition) is 0. The van der Waals surface area contributed by atoms with Gasteiger partial charge in [0.15, 0.2) is 0 Å². The summed E-state index contributed by atoms with van der Waals surface area (Å²) in [4.78, 5) is 15.1. The molecule has 2 fully saturated rings. The zero-order valence-corrected chi connectivity index (χ0v) is 20.0. The van der Waals surface area contributed by atoms with E-state index in [0.717, 1.165) is 16.9 Å². The standard InChI is InChI=1S/C27H32FNO5/c1-17(2)32-25-14-27(34-24-7-5-20(28)13-22(24)25)8-10-29(11-9-27)26(30)19-4-6-23(18(3)12-19)33-21-15-31-16-21/h4-7,12-13,17,21,25H,8-11,14-16H2,1-3H3/t25-/m1/s1. The molecule has 6 nitrogen and oxygen atoms in total. The van der Waals surface area contributed by atoms with Gasteiger partial charge in [-0.05, 0) is 62.7 Å². The number of piperidine rings is 1. The fourth-order valence-electron chi connectivity index (χ4n) is 5.02. The summed E-state index contributed by atoms with van der Waals surface area (Å²) in [6.45, 7) is 8.35. The second-order valence-corrected chi connectivity index (χ2v) is 9.89. The lowest BCUT2D eigenvalue weighted by molar-refractivity contribution is -0.0873. The molecule has 5 rings (SSSR count). The number of likely N-dealkylation sites (tertiary alicyclic amines) is 1. The van der Waals surface area contributed by atoms with Gasteiger partial charge in [0.25, 0.3) is 5.91 Å². The van der Waals surface area contributed by atoms with Gasteiger partial charge in [0.2, 0.25) is 0 Å². The molecular weight excluding hydrogens is 437 g/mol. The number of hydrogen-bond acceptors (Lipinski definition) is 5. The normalized spacial score (nSPS) is 21.7. The van der Waals surface area contributed by atoms with Crippen molar-refractivity contribution in [2.24, 2.45) is 0 Å². The molecule has 3 aliphatic rings. The van der Waals surface area contributed by atoms with Gasteiger partial charge in [0, 0.05) is 43.5 Å². The van der Waals surface area contributed by atoms with Gasteiger partial charge in [-0.25, -0.2) is 4.39 Å². The number of rotatable bonds is 5. The fraction of sp³-hybridized carbons (Fsp3) is 0.519. The zero-order chi connectivity index (χ0) is 23.9. The van der Waals surface area contributed by atoms with Gasteiger partial charge in [-0.3, -0.25) is 4.79 Å². The van der Waals surface area contributed by atoms with Crippen LogP contribution in [0.3, 0.4) is 0 Å². The summed E-state index contributed by atoms with van der Waals surface area (Å²) in [5.41, 5.74) is 1.96. The topological polar surface area (TPSA) is 57.2 Å². The minimum Gasteiger partial charge on any atom is -0.487 e. The Kier molecular flexibility index (Phi) is 6.25. The van der Waals surface area contributed by atoms with Crippen molar-refractivity contribution in [1.29, 1.82) is 0 Å². The Labute approximate surface area is 199 Å². The Morgan fingerprint density at radius 1 is 1.15 bits per heavy atom. The third-order valence-corrected chi connectivity index (χ3v) is 6.92. The monoisotopic (exact) mass is 469 g/mol. The quantitative estimate of drug-likeness (QED) is 0.628. The van der Waals surface area contributed by atoms with Gasteiger partial charge in [0.1, 0.15) is 29.0 Å². The van der Waals surface area contributed by atoms with Gasteiger partial charge in [-0.15, -0.1) is 0 Å². The molecule has 0 saturated carbocycles. The predicted molar refractivity (Wildman–Crippen MR) is 125 cm³/mol. The molecule has 1 spiro atoms. The van der Waals surface area contributed by atoms with Crippen LogP contribution in [0.1, 0.15) is 60.7 Å². The van der Waals surface area contributed by atoms with Crippen molar-refractivity contribution < 1.29 is 28.1 Å². The Balaban J connectivity index is 1.27. The van der Waals surface area contributed by atoms with E-state index in [-0.39, 0.29) is 30.0 Å². The van der Waals surface area contributed by atoms with Gasteiger partial charge < -0.3 is 23.8 Å². The number of carbonyl (C=O) groups excluding carboxylic acids is 1. The molecule has 0 aliphatic carbocycles. The lowest BCUT2D eigenvalue weighted by atomic mass is 9.81. The molecule has 2 saturated heterocycles. The van der Waals surface area contributed by atoms with Crippen LogP contribution in [-0.2, 0) is 9.47 Å². The summed E-state index contributed by atoms with van der Waals surface area (Å²) >= 11 is 0. The molecule has 2 aromatic carbocycles. The van der Waals surface area contributed by atoms with Crippen molar-refractivity contribution in [2.75, 3.05) is 26.3 Å². The van der Waals surface area contributed by atoms with Crippen LogP contribution in [0.25, 0.3) is 0 Å². The molecule has 0 N–H and O–H groups in total. The SMILES string of the molecule is Cc1cc(C(=O)N2CCC3(CC2)C[C@@H](OC(C)C)c2cc(F)ccc2O3)ccc1OC1COC1. The molecule has 7 heteroatoms. The van der Waals surface area contributed by atoms with Gasteiger partial charge in [0.05, 0.1) is 25.4 Å². The van der Waals surface area contributed by atoms with Gasteiger partial charge in [-0.1, -0.05) is 0 Å². The van der Waals surface area contributed by atoms with Gasteiger partial charge in [-0.2, -0.15) is 0 Å². The zero-order valence-electron chi connectivity index (χ0n) is 20.0. The summed E-state index contributed by atoms with van der Waals surface area (Å²) in [6.07, 6.45) is 1.95. The van der Waals surface area contributed by atoms with Crippen molar-refractivity contribution >= 4 is 5.91 Å². The molecule has 0 unspecified atom stereocenters. The van der Waals surface area contributed by atoms with E-state index in [4.69, 9.17) is 18.9 Å². The van der Waals surface area contributed by atoms with E-state index in [1.165, 1.54) is 12.1 Å². The first-order chi connectivity index (χ1) is 16.3. The van der Waals surface area contributed by atoms with Crippen LogP contribution >= 0.6 is 0 Å².